The van der Waals surface area contributed by atoms with E-state index in [9.17, 15) is 4.79 Å². The second kappa shape index (κ2) is 7.92. The maximum absolute atomic E-state index is 10.3. The van der Waals surface area contributed by atoms with Crippen molar-refractivity contribution in [2.24, 2.45) is 0 Å². The topological polar surface area (TPSA) is 77.8 Å². The number of aliphatic carboxylic acids is 1. The minimum atomic E-state index is -0.965. The molecule has 0 aliphatic rings. The van der Waals surface area contributed by atoms with Gasteiger partial charge < -0.3 is 15.3 Å². The molecule has 0 aliphatic carbocycles. The molecular weight excluding hydrogens is 252 g/mol. The number of carbonyl (C=O) groups is 1. The number of benzene rings is 1. The first kappa shape index (κ1) is 14.8. The monoisotopic (exact) mass is 268 g/mol. The number of hydrogen-bond donors (Lipinski definition) is 3. The van der Waals surface area contributed by atoms with Gasteiger partial charge in [-0.3, -0.25) is 0 Å². The van der Waals surface area contributed by atoms with Crippen molar-refractivity contribution in [2.75, 3.05) is 12.4 Å². The fourth-order valence-corrected chi connectivity index (χ4v) is 2.18. The van der Waals surface area contributed by atoms with Crippen LogP contribution in [-0.4, -0.2) is 39.8 Å². The highest BCUT2D eigenvalue weighted by molar-refractivity contribution is 7.98. The molecule has 18 heavy (non-hydrogen) atoms. The van der Waals surface area contributed by atoms with E-state index in [-0.39, 0.29) is 6.61 Å². The van der Waals surface area contributed by atoms with Crippen LogP contribution in [0.2, 0.25) is 0 Å². The van der Waals surface area contributed by atoms with E-state index in [1.54, 1.807) is 11.8 Å². The van der Waals surface area contributed by atoms with Crippen LogP contribution in [0.1, 0.15) is 11.1 Å². The minimum Gasteiger partial charge on any atom is -0.478 e. The maximum atomic E-state index is 10.3. The van der Waals surface area contributed by atoms with Crippen LogP contribution in [0.3, 0.4) is 0 Å². The predicted molar refractivity (Wildman–Crippen MR) is 72.4 cm³/mol. The highest BCUT2D eigenvalue weighted by Crippen LogP contribution is 2.14. The van der Waals surface area contributed by atoms with Crippen LogP contribution in [0.4, 0.5) is 0 Å². The number of carboxylic acid groups (broad SMARTS) is 1. The molecule has 0 aromatic heterocycles. The summed E-state index contributed by atoms with van der Waals surface area (Å²) in [5, 5.41) is 26.3. The average Bonchev–Trinajstić information content (AvgIpc) is 2.37. The van der Waals surface area contributed by atoms with Gasteiger partial charge in [0.2, 0.25) is 0 Å². The normalized spacial score (nSPS) is 12.8. The van der Waals surface area contributed by atoms with Crippen molar-refractivity contribution in [3.8, 4) is 0 Å². The van der Waals surface area contributed by atoms with E-state index < -0.39 is 12.1 Å². The molecule has 4 nitrogen and oxygen atoms in total. The molecule has 98 valence electrons. The summed E-state index contributed by atoms with van der Waals surface area (Å²) < 4.78 is 0. The van der Waals surface area contributed by atoms with Gasteiger partial charge >= 0.3 is 5.97 Å². The first-order valence-electron chi connectivity index (χ1n) is 5.48. The van der Waals surface area contributed by atoms with E-state index in [0.29, 0.717) is 5.75 Å². The van der Waals surface area contributed by atoms with Crippen LogP contribution >= 0.6 is 11.8 Å². The summed E-state index contributed by atoms with van der Waals surface area (Å²) in [6.45, 7) is -0.216. The molecule has 0 aliphatic heterocycles. The van der Waals surface area contributed by atoms with Gasteiger partial charge in [0.25, 0.3) is 0 Å². The second-order valence-electron chi connectivity index (χ2n) is 3.76. The smallest absolute Gasteiger partial charge is 0.328 e. The molecule has 0 amide bonds. The minimum absolute atomic E-state index is 0.216. The van der Waals surface area contributed by atoms with Crippen molar-refractivity contribution in [1.29, 1.82) is 0 Å². The Bertz CT molecular complexity index is 400. The van der Waals surface area contributed by atoms with Crippen molar-refractivity contribution in [2.45, 2.75) is 11.9 Å². The molecule has 3 N–H and O–H groups in total. The number of thioether (sulfide) groups is 1. The van der Waals surface area contributed by atoms with Gasteiger partial charge in [0.05, 0.1) is 12.7 Å². The molecule has 1 atom stereocenters. The zero-order valence-electron chi connectivity index (χ0n) is 9.82. The molecule has 0 radical (unpaired) electrons. The molecule has 0 fully saturated rings. The van der Waals surface area contributed by atoms with Crippen LogP contribution in [0, 0.1) is 0 Å². The SMILES string of the molecule is O=C(O)C=Cc1ccc(CSCC(O)CO)cc1. The lowest BCUT2D eigenvalue weighted by Crippen LogP contribution is -2.14. The van der Waals surface area contributed by atoms with Crippen LogP contribution < -0.4 is 0 Å². The number of aliphatic hydroxyl groups excluding tert-OH is 2. The van der Waals surface area contributed by atoms with Gasteiger partial charge in [0.1, 0.15) is 0 Å². The summed E-state index contributed by atoms with van der Waals surface area (Å²) in [6, 6.07) is 7.52. The Morgan fingerprint density at radius 2 is 2.00 bits per heavy atom. The lowest BCUT2D eigenvalue weighted by molar-refractivity contribution is -0.131. The van der Waals surface area contributed by atoms with Crippen molar-refractivity contribution in [3.05, 3.63) is 41.5 Å². The van der Waals surface area contributed by atoms with Gasteiger partial charge in [0, 0.05) is 17.6 Å². The highest BCUT2D eigenvalue weighted by Gasteiger charge is 2.01. The quantitative estimate of drug-likeness (QED) is 0.651. The summed E-state index contributed by atoms with van der Waals surface area (Å²) in [5.74, 6) is 0.282. The van der Waals surface area contributed by atoms with Gasteiger partial charge in [-0.2, -0.15) is 11.8 Å². The predicted octanol–water partition coefficient (Wildman–Crippen LogP) is 1.37. The Kier molecular flexibility index (Phi) is 6.49. The third-order valence-electron chi connectivity index (χ3n) is 2.19. The van der Waals surface area contributed by atoms with Gasteiger partial charge in [-0.1, -0.05) is 24.3 Å². The van der Waals surface area contributed by atoms with Gasteiger partial charge in [-0.15, -0.1) is 0 Å². The van der Waals surface area contributed by atoms with Crippen molar-refractivity contribution in [3.63, 3.8) is 0 Å². The van der Waals surface area contributed by atoms with E-state index in [2.05, 4.69) is 0 Å². The Labute approximate surface area is 110 Å². The third kappa shape index (κ3) is 5.86. The largest absolute Gasteiger partial charge is 0.478 e. The first-order chi connectivity index (χ1) is 8.61. The van der Waals surface area contributed by atoms with Crippen LogP contribution in [0.15, 0.2) is 30.3 Å². The molecule has 0 heterocycles. The van der Waals surface area contributed by atoms with E-state index in [1.807, 2.05) is 24.3 Å². The van der Waals surface area contributed by atoms with E-state index >= 15 is 0 Å². The summed E-state index contributed by atoms with van der Waals surface area (Å²) in [7, 11) is 0. The van der Waals surface area contributed by atoms with Crippen molar-refractivity contribution >= 4 is 23.8 Å². The van der Waals surface area contributed by atoms with E-state index in [4.69, 9.17) is 15.3 Å². The highest BCUT2D eigenvalue weighted by atomic mass is 32.2. The second-order valence-corrected chi connectivity index (χ2v) is 4.79. The van der Waals surface area contributed by atoms with Gasteiger partial charge in [-0.05, 0) is 17.2 Å². The molecule has 0 saturated carbocycles. The molecule has 5 heteroatoms. The van der Waals surface area contributed by atoms with Crippen molar-refractivity contribution < 1.29 is 20.1 Å². The number of rotatable bonds is 7. The Balaban J connectivity index is 2.43. The maximum Gasteiger partial charge on any atom is 0.328 e. The summed E-state index contributed by atoms with van der Waals surface area (Å²) in [5.41, 5.74) is 1.93. The Morgan fingerprint density at radius 3 is 2.56 bits per heavy atom. The molecule has 1 aromatic carbocycles. The summed E-state index contributed by atoms with van der Waals surface area (Å²) >= 11 is 1.54. The zero-order valence-corrected chi connectivity index (χ0v) is 10.6. The molecule has 0 saturated heterocycles. The van der Waals surface area contributed by atoms with Crippen LogP contribution in [-0.2, 0) is 10.5 Å². The standard InChI is InChI=1S/C13H16O4S/c14-7-12(15)9-18-8-11-3-1-10(2-4-11)5-6-13(16)17/h1-6,12,14-15H,7-9H2,(H,16,17). The van der Waals surface area contributed by atoms with Crippen LogP contribution in [0.5, 0.6) is 0 Å². The third-order valence-corrected chi connectivity index (χ3v) is 3.35. The molecule has 1 aromatic rings. The van der Waals surface area contributed by atoms with E-state index in [1.165, 1.54) is 6.08 Å². The van der Waals surface area contributed by atoms with E-state index in [0.717, 1.165) is 23.0 Å². The number of carboxylic acids is 1. The lowest BCUT2D eigenvalue weighted by atomic mass is 10.1. The number of aliphatic hydroxyl groups is 2. The fraction of sp³-hybridized carbons (Fsp3) is 0.308. The fourth-order valence-electron chi connectivity index (χ4n) is 1.26. The molecule has 1 rings (SSSR count). The average molecular weight is 268 g/mol. The lowest BCUT2D eigenvalue weighted by Gasteiger charge is -2.06. The molecule has 0 spiro atoms. The van der Waals surface area contributed by atoms with Crippen LogP contribution in [0.25, 0.3) is 6.08 Å². The summed E-state index contributed by atoms with van der Waals surface area (Å²) in [4.78, 5) is 10.3. The molecule has 1 unspecified atom stereocenters. The van der Waals surface area contributed by atoms with Gasteiger partial charge in [-0.25, -0.2) is 4.79 Å². The summed E-state index contributed by atoms with van der Waals surface area (Å²) in [6.07, 6.45) is 1.96. The molecule has 0 bridgehead atoms. The Hall–Kier alpha value is -1.30. The number of hydrogen-bond acceptors (Lipinski definition) is 4. The first-order valence-corrected chi connectivity index (χ1v) is 6.64. The Morgan fingerprint density at radius 1 is 1.33 bits per heavy atom. The van der Waals surface area contributed by atoms with Gasteiger partial charge in [0.15, 0.2) is 0 Å². The van der Waals surface area contributed by atoms with Crippen molar-refractivity contribution in [1.82, 2.24) is 0 Å². The zero-order chi connectivity index (χ0) is 13.4. The molecular formula is C13H16O4S.